The Kier molecular flexibility index (Phi) is 5.88. The molecule has 0 aliphatic carbocycles. The van der Waals surface area contributed by atoms with Crippen LogP contribution in [0.2, 0.25) is 0 Å². The Hall–Kier alpha value is -1.75. The van der Waals surface area contributed by atoms with Gasteiger partial charge in [0, 0.05) is 25.4 Å². The van der Waals surface area contributed by atoms with E-state index in [2.05, 4.69) is 11.4 Å². The summed E-state index contributed by atoms with van der Waals surface area (Å²) in [6.45, 7) is 10.3. The lowest BCUT2D eigenvalue weighted by Gasteiger charge is -2.26. The second-order valence-corrected chi connectivity index (χ2v) is 6.90. The molecule has 1 aliphatic heterocycles. The molecule has 2 rings (SSSR count). The Morgan fingerprint density at radius 1 is 1.43 bits per heavy atom. The van der Waals surface area contributed by atoms with Crippen molar-refractivity contribution in [2.75, 3.05) is 25.1 Å². The zero-order valence-corrected chi connectivity index (χ0v) is 14.6. The second-order valence-electron chi connectivity index (χ2n) is 6.90. The maximum absolute atomic E-state index is 12.2. The Bertz CT molecular complexity index is 519. The molecule has 1 fully saturated rings. The molecule has 0 saturated carbocycles. The molecule has 0 bridgehead atoms. The molecule has 5 heteroatoms. The van der Waals surface area contributed by atoms with E-state index >= 15 is 0 Å². The molecule has 1 N–H and O–H groups in total. The number of ether oxygens (including phenoxy) is 2. The van der Waals surface area contributed by atoms with E-state index < -0.39 is 5.60 Å². The summed E-state index contributed by atoms with van der Waals surface area (Å²) in [5.74, 6) is 0. The smallest absolute Gasteiger partial charge is 0.410 e. The molecule has 1 unspecified atom stereocenters. The number of rotatable bonds is 5. The molecule has 1 amide bonds. The largest absolute Gasteiger partial charge is 0.444 e. The molecule has 1 aromatic rings. The van der Waals surface area contributed by atoms with Crippen LogP contribution in [0.4, 0.5) is 10.5 Å². The summed E-state index contributed by atoms with van der Waals surface area (Å²) in [6.07, 6.45) is 0.756. The van der Waals surface area contributed by atoms with Crippen LogP contribution >= 0.6 is 0 Å². The van der Waals surface area contributed by atoms with Crippen molar-refractivity contribution in [1.29, 1.82) is 0 Å². The van der Waals surface area contributed by atoms with Crippen molar-refractivity contribution in [3.8, 4) is 0 Å². The Morgan fingerprint density at radius 3 is 2.83 bits per heavy atom. The summed E-state index contributed by atoms with van der Waals surface area (Å²) in [6, 6.07) is 8.55. The van der Waals surface area contributed by atoms with Crippen LogP contribution in [0.1, 0.15) is 39.7 Å². The highest BCUT2D eigenvalue weighted by molar-refractivity contribution is 5.68. The standard InChI is InChI=1S/C18H28N2O3/c1-5-20(17(21)23-18(2,3)4)12-14-7-6-8-15(11-14)19-16-9-10-22-13-16/h6-8,11,16,19H,5,9-10,12-13H2,1-4H3. The fraction of sp³-hybridized carbons (Fsp3) is 0.611. The normalized spacial score (nSPS) is 17.8. The van der Waals surface area contributed by atoms with Crippen molar-refractivity contribution >= 4 is 11.8 Å². The predicted molar refractivity (Wildman–Crippen MR) is 91.6 cm³/mol. The molecule has 0 spiro atoms. The first-order chi connectivity index (χ1) is 10.9. The number of hydrogen-bond acceptors (Lipinski definition) is 4. The zero-order chi connectivity index (χ0) is 16.9. The lowest BCUT2D eigenvalue weighted by molar-refractivity contribution is 0.0244. The molecule has 1 heterocycles. The fourth-order valence-corrected chi connectivity index (χ4v) is 2.50. The summed E-state index contributed by atoms with van der Waals surface area (Å²) in [5.41, 5.74) is 1.68. The van der Waals surface area contributed by atoms with Crippen molar-refractivity contribution in [2.24, 2.45) is 0 Å². The fourth-order valence-electron chi connectivity index (χ4n) is 2.50. The molecule has 1 atom stereocenters. The average Bonchev–Trinajstić information content (AvgIpc) is 2.96. The first-order valence-electron chi connectivity index (χ1n) is 8.28. The summed E-state index contributed by atoms with van der Waals surface area (Å²) in [5, 5.41) is 3.48. The van der Waals surface area contributed by atoms with Crippen molar-refractivity contribution in [3.63, 3.8) is 0 Å². The van der Waals surface area contributed by atoms with Gasteiger partial charge in [-0.15, -0.1) is 0 Å². The molecular formula is C18H28N2O3. The molecule has 1 saturated heterocycles. The number of carbonyl (C=O) groups is 1. The lowest BCUT2D eigenvalue weighted by Crippen LogP contribution is -2.36. The van der Waals surface area contributed by atoms with E-state index in [-0.39, 0.29) is 6.09 Å². The third-order valence-electron chi connectivity index (χ3n) is 3.63. The quantitative estimate of drug-likeness (QED) is 0.900. The van der Waals surface area contributed by atoms with Crippen LogP contribution in [0.25, 0.3) is 0 Å². The first kappa shape index (κ1) is 17.6. The van der Waals surface area contributed by atoms with Gasteiger partial charge in [-0.1, -0.05) is 12.1 Å². The van der Waals surface area contributed by atoms with Gasteiger partial charge < -0.3 is 19.7 Å². The number of nitrogens with one attached hydrogen (secondary N) is 1. The van der Waals surface area contributed by atoms with E-state index in [0.717, 1.165) is 30.9 Å². The van der Waals surface area contributed by atoms with Crippen LogP contribution in [0.5, 0.6) is 0 Å². The van der Waals surface area contributed by atoms with Gasteiger partial charge >= 0.3 is 6.09 Å². The van der Waals surface area contributed by atoms with E-state index in [4.69, 9.17) is 9.47 Å². The zero-order valence-electron chi connectivity index (χ0n) is 14.6. The van der Waals surface area contributed by atoms with Gasteiger partial charge in [0.25, 0.3) is 0 Å². The van der Waals surface area contributed by atoms with E-state index in [1.54, 1.807) is 4.90 Å². The lowest BCUT2D eigenvalue weighted by atomic mass is 10.1. The van der Waals surface area contributed by atoms with Gasteiger partial charge in [-0.2, -0.15) is 0 Å². The monoisotopic (exact) mass is 320 g/mol. The first-order valence-corrected chi connectivity index (χ1v) is 8.28. The van der Waals surface area contributed by atoms with Gasteiger partial charge in [-0.3, -0.25) is 0 Å². The minimum absolute atomic E-state index is 0.275. The molecule has 0 radical (unpaired) electrons. The van der Waals surface area contributed by atoms with E-state index in [1.165, 1.54) is 0 Å². The van der Waals surface area contributed by atoms with Crippen LogP contribution in [0, 0.1) is 0 Å². The highest BCUT2D eigenvalue weighted by Crippen LogP contribution is 2.18. The van der Waals surface area contributed by atoms with Crippen LogP contribution in [-0.4, -0.2) is 42.4 Å². The van der Waals surface area contributed by atoms with Crippen LogP contribution in [0.15, 0.2) is 24.3 Å². The Morgan fingerprint density at radius 2 is 2.22 bits per heavy atom. The molecule has 0 aromatic heterocycles. The van der Waals surface area contributed by atoms with Crippen LogP contribution < -0.4 is 5.32 Å². The van der Waals surface area contributed by atoms with Gasteiger partial charge in [0.1, 0.15) is 5.60 Å². The number of hydrogen-bond donors (Lipinski definition) is 1. The molecule has 128 valence electrons. The number of carbonyl (C=O) groups excluding carboxylic acids is 1. The van der Waals surface area contributed by atoms with Gasteiger partial charge in [0.15, 0.2) is 0 Å². The number of benzene rings is 1. The maximum atomic E-state index is 12.2. The van der Waals surface area contributed by atoms with Crippen LogP contribution in [-0.2, 0) is 16.0 Å². The van der Waals surface area contributed by atoms with Crippen molar-refractivity contribution in [1.82, 2.24) is 4.90 Å². The summed E-state index contributed by atoms with van der Waals surface area (Å²) >= 11 is 0. The van der Waals surface area contributed by atoms with E-state index in [0.29, 0.717) is 19.1 Å². The Labute approximate surface area is 139 Å². The summed E-state index contributed by atoms with van der Waals surface area (Å²) in [7, 11) is 0. The molecule has 1 aliphatic rings. The van der Waals surface area contributed by atoms with Gasteiger partial charge in [0.2, 0.25) is 0 Å². The average molecular weight is 320 g/mol. The number of nitrogens with zero attached hydrogens (tertiary/aromatic N) is 1. The minimum Gasteiger partial charge on any atom is -0.444 e. The van der Waals surface area contributed by atoms with Gasteiger partial charge in [0.05, 0.1) is 12.6 Å². The maximum Gasteiger partial charge on any atom is 0.410 e. The second kappa shape index (κ2) is 7.68. The summed E-state index contributed by atoms with van der Waals surface area (Å²) in [4.78, 5) is 13.9. The highest BCUT2D eigenvalue weighted by atomic mass is 16.6. The number of anilines is 1. The molecular weight excluding hydrogens is 292 g/mol. The predicted octanol–water partition coefficient (Wildman–Crippen LogP) is 3.64. The van der Waals surface area contributed by atoms with E-state index in [1.807, 2.05) is 45.9 Å². The highest BCUT2D eigenvalue weighted by Gasteiger charge is 2.21. The molecule has 23 heavy (non-hydrogen) atoms. The third kappa shape index (κ3) is 5.75. The minimum atomic E-state index is -0.476. The number of amides is 1. The third-order valence-corrected chi connectivity index (χ3v) is 3.63. The van der Waals surface area contributed by atoms with Crippen molar-refractivity contribution in [3.05, 3.63) is 29.8 Å². The van der Waals surface area contributed by atoms with Crippen molar-refractivity contribution in [2.45, 2.75) is 52.3 Å². The van der Waals surface area contributed by atoms with Gasteiger partial charge in [-0.05, 0) is 51.8 Å². The van der Waals surface area contributed by atoms with Crippen LogP contribution in [0.3, 0.4) is 0 Å². The Balaban J connectivity index is 1.98. The van der Waals surface area contributed by atoms with Crippen molar-refractivity contribution < 1.29 is 14.3 Å². The summed E-state index contributed by atoms with van der Waals surface area (Å²) < 4.78 is 10.8. The SMILES string of the molecule is CCN(Cc1cccc(NC2CCOC2)c1)C(=O)OC(C)(C)C. The molecule has 5 nitrogen and oxygen atoms in total. The molecule has 1 aromatic carbocycles. The topological polar surface area (TPSA) is 50.8 Å². The van der Waals surface area contributed by atoms with E-state index in [9.17, 15) is 4.79 Å². The van der Waals surface area contributed by atoms with Gasteiger partial charge in [-0.25, -0.2) is 4.79 Å².